The molecule has 2 aromatic rings. The topological polar surface area (TPSA) is 62.2 Å². The molecule has 2 aliphatic heterocycles. The molecule has 0 amide bonds. The van der Waals surface area contributed by atoms with Gasteiger partial charge in [-0.1, -0.05) is 13.8 Å². The van der Waals surface area contributed by atoms with Gasteiger partial charge >= 0.3 is 5.97 Å². The van der Waals surface area contributed by atoms with Gasteiger partial charge < -0.3 is 24.4 Å². The van der Waals surface area contributed by atoms with E-state index in [2.05, 4.69) is 6.92 Å². The number of rotatable bonds is 8. The molecule has 35 heavy (non-hydrogen) atoms. The van der Waals surface area contributed by atoms with Crippen LogP contribution in [0.4, 0.5) is 20.2 Å². The number of halogens is 2. The van der Waals surface area contributed by atoms with Crippen LogP contribution in [0, 0.1) is 23.5 Å². The van der Waals surface area contributed by atoms with Crippen molar-refractivity contribution in [2.75, 3.05) is 36.0 Å². The smallest absolute Gasteiger partial charge is 0.305 e. The largest absolute Gasteiger partial charge is 0.494 e. The first-order valence-corrected chi connectivity index (χ1v) is 12.4. The molecule has 0 unspecified atom stereocenters. The Morgan fingerprint density at radius 1 is 1.03 bits per heavy atom. The van der Waals surface area contributed by atoms with Crippen LogP contribution in [0.3, 0.4) is 0 Å². The van der Waals surface area contributed by atoms with Gasteiger partial charge in [0.1, 0.15) is 29.2 Å². The number of carboxylic acid groups (broad SMARTS) is 1. The van der Waals surface area contributed by atoms with Crippen molar-refractivity contribution in [3.8, 4) is 11.5 Å². The van der Waals surface area contributed by atoms with Crippen molar-refractivity contribution in [2.45, 2.75) is 52.2 Å². The van der Waals surface area contributed by atoms with Crippen molar-refractivity contribution in [1.29, 1.82) is 0 Å². The maximum atomic E-state index is 15.1. The predicted molar refractivity (Wildman–Crippen MR) is 132 cm³/mol. The molecule has 8 heteroatoms. The zero-order chi connectivity index (χ0) is 25.1. The Hall–Kier alpha value is -3.03. The van der Waals surface area contributed by atoms with Crippen molar-refractivity contribution in [3.63, 3.8) is 0 Å². The lowest BCUT2D eigenvalue weighted by Gasteiger charge is -2.34. The van der Waals surface area contributed by atoms with E-state index in [4.69, 9.17) is 9.47 Å². The normalized spacial score (nSPS) is 22.9. The number of piperidine rings is 1. The van der Waals surface area contributed by atoms with Crippen LogP contribution in [0.25, 0.3) is 0 Å². The Kier molecular flexibility index (Phi) is 7.67. The minimum absolute atomic E-state index is 0.0180. The van der Waals surface area contributed by atoms with E-state index in [0.29, 0.717) is 62.0 Å². The van der Waals surface area contributed by atoms with Crippen molar-refractivity contribution >= 4 is 17.3 Å². The summed E-state index contributed by atoms with van der Waals surface area (Å²) in [4.78, 5) is 15.2. The van der Waals surface area contributed by atoms with Gasteiger partial charge in [-0.15, -0.1) is 0 Å². The quantitative estimate of drug-likeness (QED) is 0.541. The molecule has 2 aromatic carbocycles. The number of ether oxygens (including phenoxy) is 2. The summed E-state index contributed by atoms with van der Waals surface area (Å²) in [6, 6.07) is 9.37. The standard InChI is InChI=1S/C27H34F2N2O4/c1-4-34-20-5-7-22(28)26(14-20)30-11-9-19(10-12-30)35-21-6-8-24(23(29)13-21)31-16-17(2)18(3)25(31)15-27(32)33/h5-8,13-14,17-19,25H,4,9-12,15-16H2,1-3H3,(H,32,33)/t17-,18+,25-/m0/s1. The molecule has 0 saturated carbocycles. The molecule has 0 aromatic heterocycles. The lowest BCUT2D eigenvalue weighted by atomic mass is 9.92. The van der Waals surface area contributed by atoms with E-state index in [9.17, 15) is 14.3 Å². The van der Waals surface area contributed by atoms with E-state index in [-0.39, 0.29) is 36.2 Å². The highest BCUT2D eigenvalue weighted by Crippen LogP contribution is 2.38. The van der Waals surface area contributed by atoms with Crippen molar-refractivity contribution in [3.05, 3.63) is 48.0 Å². The molecule has 0 aliphatic carbocycles. The SMILES string of the molecule is CCOc1ccc(F)c(N2CCC(Oc3ccc(N4C[C@H](C)[C@@H](C)[C@@H]4CC(=O)O)c(F)c3)CC2)c1. The van der Waals surface area contributed by atoms with Crippen molar-refractivity contribution < 1.29 is 28.2 Å². The number of hydrogen-bond donors (Lipinski definition) is 1. The van der Waals surface area contributed by atoms with Crippen LogP contribution in [-0.2, 0) is 4.79 Å². The van der Waals surface area contributed by atoms with Crippen LogP contribution >= 0.6 is 0 Å². The van der Waals surface area contributed by atoms with E-state index in [1.807, 2.05) is 23.6 Å². The lowest BCUT2D eigenvalue weighted by molar-refractivity contribution is -0.137. The van der Waals surface area contributed by atoms with Gasteiger partial charge in [-0.3, -0.25) is 4.79 Å². The molecule has 0 bridgehead atoms. The highest BCUT2D eigenvalue weighted by molar-refractivity contribution is 5.69. The van der Waals surface area contributed by atoms with Gasteiger partial charge in [0.15, 0.2) is 0 Å². The molecular formula is C27H34F2N2O4. The summed E-state index contributed by atoms with van der Waals surface area (Å²) < 4.78 is 41.1. The van der Waals surface area contributed by atoms with Crippen LogP contribution in [0.2, 0.25) is 0 Å². The highest BCUT2D eigenvalue weighted by Gasteiger charge is 2.39. The van der Waals surface area contributed by atoms with Crippen LogP contribution in [-0.4, -0.2) is 49.5 Å². The summed E-state index contributed by atoms with van der Waals surface area (Å²) in [5.74, 6) is -0.0417. The summed E-state index contributed by atoms with van der Waals surface area (Å²) >= 11 is 0. The number of benzene rings is 2. The molecule has 0 radical (unpaired) electrons. The molecule has 2 aliphatic rings. The second-order valence-corrected chi connectivity index (χ2v) is 9.62. The van der Waals surface area contributed by atoms with E-state index in [0.717, 1.165) is 0 Å². The van der Waals surface area contributed by atoms with Gasteiger partial charge in [-0.2, -0.15) is 0 Å². The van der Waals surface area contributed by atoms with E-state index in [1.165, 1.54) is 12.1 Å². The van der Waals surface area contributed by atoms with E-state index in [1.54, 1.807) is 24.3 Å². The third kappa shape index (κ3) is 5.63. The summed E-state index contributed by atoms with van der Waals surface area (Å²) in [7, 11) is 0. The summed E-state index contributed by atoms with van der Waals surface area (Å²) in [5, 5.41) is 9.31. The molecule has 3 atom stereocenters. The zero-order valence-corrected chi connectivity index (χ0v) is 20.5. The Bertz CT molecular complexity index is 1040. The maximum absolute atomic E-state index is 15.1. The fraction of sp³-hybridized carbons (Fsp3) is 0.519. The average molecular weight is 489 g/mol. The van der Waals surface area contributed by atoms with Gasteiger partial charge in [0, 0.05) is 50.7 Å². The number of carboxylic acids is 1. The van der Waals surface area contributed by atoms with E-state index >= 15 is 4.39 Å². The first-order valence-electron chi connectivity index (χ1n) is 12.4. The monoisotopic (exact) mass is 488 g/mol. The summed E-state index contributed by atoms with van der Waals surface area (Å²) in [6.07, 6.45) is 1.25. The van der Waals surface area contributed by atoms with Gasteiger partial charge in [0.25, 0.3) is 0 Å². The predicted octanol–water partition coefficient (Wildman–Crippen LogP) is 5.35. The molecule has 190 valence electrons. The minimum atomic E-state index is -0.878. The molecule has 4 rings (SSSR count). The first kappa shape index (κ1) is 25.1. The molecule has 2 fully saturated rings. The Morgan fingerprint density at radius 2 is 1.74 bits per heavy atom. The number of anilines is 2. The minimum Gasteiger partial charge on any atom is -0.494 e. The molecule has 2 heterocycles. The molecule has 0 spiro atoms. The van der Waals surface area contributed by atoms with Crippen LogP contribution in [0.1, 0.15) is 40.0 Å². The van der Waals surface area contributed by atoms with E-state index < -0.39 is 11.8 Å². The van der Waals surface area contributed by atoms with Crippen LogP contribution < -0.4 is 19.3 Å². The lowest BCUT2D eigenvalue weighted by Crippen LogP contribution is -2.38. The van der Waals surface area contributed by atoms with Gasteiger partial charge in [0.05, 0.1) is 24.4 Å². The van der Waals surface area contributed by atoms with Gasteiger partial charge in [0.2, 0.25) is 0 Å². The zero-order valence-electron chi connectivity index (χ0n) is 20.5. The Labute approximate surface area is 205 Å². The average Bonchev–Trinajstić information content (AvgIpc) is 3.09. The highest BCUT2D eigenvalue weighted by atomic mass is 19.1. The third-order valence-electron chi connectivity index (χ3n) is 7.32. The maximum Gasteiger partial charge on any atom is 0.305 e. The number of hydrogen-bond acceptors (Lipinski definition) is 5. The number of carbonyl (C=O) groups is 1. The molecule has 1 N–H and O–H groups in total. The van der Waals surface area contributed by atoms with Gasteiger partial charge in [-0.25, -0.2) is 8.78 Å². The van der Waals surface area contributed by atoms with Crippen LogP contribution in [0.15, 0.2) is 36.4 Å². The number of nitrogens with zero attached hydrogens (tertiary/aromatic N) is 2. The molecular weight excluding hydrogens is 454 g/mol. The second-order valence-electron chi connectivity index (χ2n) is 9.62. The second kappa shape index (κ2) is 10.7. The number of aliphatic carboxylic acids is 1. The van der Waals surface area contributed by atoms with Crippen molar-refractivity contribution in [1.82, 2.24) is 0 Å². The van der Waals surface area contributed by atoms with Gasteiger partial charge in [-0.05, 0) is 43.0 Å². The fourth-order valence-corrected chi connectivity index (χ4v) is 5.22. The van der Waals surface area contributed by atoms with Crippen LogP contribution in [0.5, 0.6) is 11.5 Å². The first-order chi connectivity index (χ1) is 16.8. The third-order valence-corrected chi connectivity index (χ3v) is 7.32. The molecule has 2 saturated heterocycles. The molecule has 6 nitrogen and oxygen atoms in total. The summed E-state index contributed by atoms with van der Waals surface area (Å²) in [5.41, 5.74) is 0.939. The van der Waals surface area contributed by atoms with Crippen molar-refractivity contribution in [2.24, 2.45) is 11.8 Å². The Morgan fingerprint density at radius 3 is 2.40 bits per heavy atom. The Balaban J connectivity index is 1.39. The fourth-order valence-electron chi connectivity index (χ4n) is 5.22. The summed E-state index contributed by atoms with van der Waals surface area (Å²) in [6.45, 7) is 8.37.